The molecule has 3 aromatic carbocycles. The molecule has 0 bridgehead atoms. The highest BCUT2D eigenvalue weighted by atomic mass is 14.9. The van der Waals surface area contributed by atoms with E-state index in [0.717, 1.165) is 0 Å². The molecule has 0 saturated carbocycles. The molecule has 0 fully saturated rings. The van der Waals surface area contributed by atoms with Crippen molar-refractivity contribution in [2.75, 3.05) is 0 Å². The first-order chi connectivity index (χ1) is 12.9. The Morgan fingerprint density at radius 1 is 0.667 bits per heavy atom. The Morgan fingerprint density at radius 2 is 1.19 bits per heavy atom. The molecular formula is C26H26N+. The Hall–Kier alpha value is -2.93. The Balaban J connectivity index is 1.85. The van der Waals surface area contributed by atoms with Crippen LogP contribution in [-0.2, 0) is 12.5 Å². The molecule has 1 heteroatoms. The van der Waals surface area contributed by atoms with Gasteiger partial charge in [0.15, 0.2) is 0 Å². The van der Waals surface area contributed by atoms with Crippen molar-refractivity contribution in [2.24, 2.45) is 7.05 Å². The summed E-state index contributed by atoms with van der Waals surface area (Å²) in [6, 6.07) is 26.2. The minimum atomic E-state index is 0.183. The third kappa shape index (κ3) is 3.26. The minimum absolute atomic E-state index is 0.183. The highest BCUT2D eigenvalue weighted by Gasteiger charge is 2.15. The van der Waals surface area contributed by atoms with Crippen LogP contribution in [0, 0.1) is 0 Å². The molecule has 1 aromatic heterocycles. The van der Waals surface area contributed by atoms with Gasteiger partial charge < -0.3 is 0 Å². The molecule has 0 amide bonds. The normalized spacial score (nSPS) is 12.3. The first kappa shape index (κ1) is 17.5. The zero-order chi connectivity index (χ0) is 19.0. The van der Waals surface area contributed by atoms with Crippen LogP contribution in [-0.4, -0.2) is 0 Å². The lowest BCUT2D eigenvalue weighted by molar-refractivity contribution is -0.617. The minimum Gasteiger partial charge on any atom is -0.194 e. The standard InChI is InChI=1S/C26H26N/c1-26(2,3)20-16-13-19(14-17-20)15-18-21-22-9-5-7-11-24(22)27(4)25-12-8-6-10-23(21)25/h5-18H,1-4H3/q+1/b18-15+. The maximum atomic E-state index is 2.28. The van der Waals surface area contributed by atoms with Crippen LogP contribution < -0.4 is 4.57 Å². The van der Waals surface area contributed by atoms with Gasteiger partial charge in [0.2, 0.25) is 11.0 Å². The molecule has 0 aliphatic carbocycles. The second-order valence-electron chi connectivity index (χ2n) is 8.21. The van der Waals surface area contributed by atoms with Crippen LogP contribution >= 0.6 is 0 Å². The van der Waals surface area contributed by atoms with Crippen molar-refractivity contribution >= 4 is 34.0 Å². The lowest BCUT2D eigenvalue weighted by Gasteiger charge is -2.18. The number of nitrogens with zero attached hydrogens (tertiary/aromatic N) is 1. The third-order valence-electron chi connectivity index (χ3n) is 5.33. The van der Waals surface area contributed by atoms with Crippen LogP contribution in [0.15, 0.2) is 72.8 Å². The van der Waals surface area contributed by atoms with E-state index >= 15 is 0 Å². The fourth-order valence-electron chi connectivity index (χ4n) is 3.72. The summed E-state index contributed by atoms with van der Waals surface area (Å²) in [4.78, 5) is 0. The van der Waals surface area contributed by atoms with Gasteiger partial charge in [-0.15, -0.1) is 0 Å². The number of hydrogen-bond donors (Lipinski definition) is 0. The molecule has 4 aromatic rings. The first-order valence-corrected chi connectivity index (χ1v) is 9.53. The largest absolute Gasteiger partial charge is 0.213 e. The van der Waals surface area contributed by atoms with Crippen molar-refractivity contribution in [3.63, 3.8) is 0 Å². The van der Waals surface area contributed by atoms with E-state index in [1.165, 1.54) is 38.5 Å². The zero-order valence-corrected chi connectivity index (χ0v) is 16.5. The molecular weight excluding hydrogens is 326 g/mol. The number of fused-ring (bicyclic) bond motifs is 2. The molecule has 4 rings (SSSR count). The van der Waals surface area contributed by atoms with Gasteiger partial charge in [-0.2, -0.15) is 4.57 Å². The molecule has 0 radical (unpaired) electrons. The van der Waals surface area contributed by atoms with E-state index in [4.69, 9.17) is 0 Å². The van der Waals surface area contributed by atoms with Crippen molar-refractivity contribution in [3.8, 4) is 0 Å². The molecule has 0 aliphatic rings. The topological polar surface area (TPSA) is 3.88 Å². The van der Waals surface area contributed by atoms with E-state index in [1.54, 1.807) is 0 Å². The number of aryl methyl sites for hydroxylation is 1. The van der Waals surface area contributed by atoms with Gasteiger partial charge in [-0.1, -0.05) is 81.5 Å². The summed E-state index contributed by atoms with van der Waals surface area (Å²) in [6.07, 6.45) is 4.48. The number of hydrogen-bond acceptors (Lipinski definition) is 0. The predicted octanol–water partition coefficient (Wildman–Crippen LogP) is 6.29. The lowest BCUT2D eigenvalue weighted by atomic mass is 9.86. The van der Waals surface area contributed by atoms with Gasteiger partial charge in [-0.3, -0.25) is 0 Å². The van der Waals surface area contributed by atoms with Crippen LogP contribution in [0.2, 0.25) is 0 Å². The van der Waals surface area contributed by atoms with Crippen LogP contribution in [0.1, 0.15) is 37.5 Å². The molecule has 0 spiro atoms. The van der Waals surface area contributed by atoms with E-state index < -0.39 is 0 Å². The van der Waals surface area contributed by atoms with Crippen LogP contribution in [0.3, 0.4) is 0 Å². The molecule has 27 heavy (non-hydrogen) atoms. The fraction of sp³-hybridized carbons (Fsp3) is 0.192. The Kier molecular flexibility index (Phi) is 4.31. The molecule has 0 atom stereocenters. The number of rotatable bonds is 2. The molecule has 0 unspecified atom stereocenters. The molecule has 134 valence electrons. The first-order valence-electron chi connectivity index (χ1n) is 9.53. The molecule has 0 saturated heterocycles. The summed E-state index contributed by atoms with van der Waals surface area (Å²) in [5.41, 5.74) is 6.55. The van der Waals surface area contributed by atoms with Crippen molar-refractivity contribution in [1.82, 2.24) is 0 Å². The van der Waals surface area contributed by atoms with Crippen molar-refractivity contribution < 1.29 is 4.57 Å². The average molecular weight is 353 g/mol. The Morgan fingerprint density at radius 3 is 1.70 bits per heavy atom. The third-order valence-corrected chi connectivity index (χ3v) is 5.33. The van der Waals surface area contributed by atoms with Gasteiger partial charge in [-0.25, -0.2) is 0 Å². The Labute approximate surface area is 161 Å². The highest BCUT2D eigenvalue weighted by molar-refractivity contribution is 6.01. The zero-order valence-electron chi connectivity index (χ0n) is 16.5. The van der Waals surface area contributed by atoms with E-state index in [2.05, 4.69) is 117 Å². The second kappa shape index (κ2) is 6.66. The van der Waals surface area contributed by atoms with Crippen molar-refractivity contribution in [3.05, 3.63) is 89.5 Å². The van der Waals surface area contributed by atoms with E-state index in [9.17, 15) is 0 Å². The molecule has 0 aliphatic heterocycles. The number of benzene rings is 3. The quantitative estimate of drug-likeness (QED) is 0.295. The smallest absolute Gasteiger partial charge is 0.194 e. The summed E-state index contributed by atoms with van der Waals surface area (Å²) in [6.45, 7) is 6.75. The van der Waals surface area contributed by atoms with Gasteiger partial charge in [0.05, 0.1) is 10.8 Å². The summed E-state index contributed by atoms with van der Waals surface area (Å²) in [7, 11) is 2.14. The van der Waals surface area contributed by atoms with E-state index in [-0.39, 0.29) is 5.41 Å². The fourth-order valence-corrected chi connectivity index (χ4v) is 3.72. The van der Waals surface area contributed by atoms with Gasteiger partial charge in [0, 0.05) is 17.7 Å². The maximum Gasteiger partial charge on any atom is 0.213 e. The summed E-state index contributed by atoms with van der Waals surface area (Å²) >= 11 is 0. The van der Waals surface area contributed by atoms with E-state index in [0.29, 0.717) is 0 Å². The SMILES string of the molecule is C[n+]1c2ccccc2c(/C=C/c2ccc(C(C)(C)C)cc2)c2ccccc21. The number of aromatic nitrogens is 1. The predicted molar refractivity (Wildman–Crippen MR) is 117 cm³/mol. The molecule has 1 nitrogen and oxygen atoms in total. The molecule has 1 heterocycles. The maximum absolute atomic E-state index is 2.28. The van der Waals surface area contributed by atoms with Gasteiger partial charge in [-0.05, 0) is 28.7 Å². The lowest BCUT2D eigenvalue weighted by Crippen LogP contribution is -2.30. The van der Waals surface area contributed by atoms with Crippen LogP contribution in [0.25, 0.3) is 34.0 Å². The summed E-state index contributed by atoms with van der Waals surface area (Å²) in [5, 5.41) is 2.56. The van der Waals surface area contributed by atoms with Gasteiger partial charge in [0.1, 0.15) is 7.05 Å². The Bertz CT molecular complexity index is 1090. The van der Waals surface area contributed by atoms with Crippen LogP contribution in [0.4, 0.5) is 0 Å². The highest BCUT2D eigenvalue weighted by Crippen LogP contribution is 2.27. The number of pyridine rings is 1. The van der Waals surface area contributed by atoms with Gasteiger partial charge >= 0.3 is 0 Å². The second-order valence-corrected chi connectivity index (χ2v) is 8.21. The molecule has 0 N–H and O–H groups in total. The van der Waals surface area contributed by atoms with E-state index in [1.807, 2.05) is 0 Å². The average Bonchev–Trinajstić information content (AvgIpc) is 2.68. The number of para-hydroxylation sites is 2. The van der Waals surface area contributed by atoms with Crippen LogP contribution in [0.5, 0.6) is 0 Å². The van der Waals surface area contributed by atoms with Crippen molar-refractivity contribution in [1.29, 1.82) is 0 Å². The van der Waals surface area contributed by atoms with Crippen molar-refractivity contribution in [2.45, 2.75) is 26.2 Å². The summed E-state index contributed by atoms with van der Waals surface area (Å²) in [5.74, 6) is 0. The summed E-state index contributed by atoms with van der Waals surface area (Å²) < 4.78 is 2.28. The monoisotopic (exact) mass is 352 g/mol. The van der Waals surface area contributed by atoms with Gasteiger partial charge in [0.25, 0.3) is 0 Å².